The predicted molar refractivity (Wildman–Crippen MR) is 98.4 cm³/mol. The Morgan fingerprint density at radius 1 is 1.19 bits per heavy atom. The van der Waals surface area contributed by atoms with E-state index in [0.29, 0.717) is 30.8 Å². The monoisotopic (exact) mass is 366 g/mol. The van der Waals surface area contributed by atoms with Crippen LogP contribution in [0.4, 0.5) is 0 Å². The highest BCUT2D eigenvalue weighted by atomic mass is 16.5. The van der Waals surface area contributed by atoms with E-state index in [9.17, 15) is 14.4 Å². The minimum Gasteiger partial charge on any atom is -0.466 e. The molecule has 0 unspecified atom stereocenters. The van der Waals surface area contributed by atoms with E-state index in [1.807, 2.05) is 42.2 Å². The molecule has 27 heavy (non-hydrogen) atoms. The van der Waals surface area contributed by atoms with E-state index in [4.69, 9.17) is 4.74 Å². The van der Waals surface area contributed by atoms with E-state index in [1.54, 1.807) is 0 Å². The number of carbonyl (C=O) groups is 3. The van der Waals surface area contributed by atoms with Gasteiger partial charge in [-0.05, 0) is 17.9 Å². The van der Waals surface area contributed by atoms with E-state index in [2.05, 4.69) is 5.32 Å². The van der Waals surface area contributed by atoms with Crippen molar-refractivity contribution in [2.24, 2.45) is 5.92 Å². The Balaban J connectivity index is 2.01. The summed E-state index contributed by atoms with van der Waals surface area (Å²) in [5, 5.41) is 2.83. The lowest BCUT2D eigenvalue weighted by atomic mass is 9.72. The van der Waals surface area contributed by atoms with Crippen LogP contribution in [-0.4, -0.2) is 42.8 Å². The van der Waals surface area contributed by atoms with Gasteiger partial charge in [-0.2, -0.15) is 0 Å². The van der Waals surface area contributed by atoms with Gasteiger partial charge in [0.15, 0.2) is 5.78 Å². The molecule has 3 aliphatic rings. The van der Waals surface area contributed by atoms with Gasteiger partial charge in [-0.25, -0.2) is 4.79 Å². The Hall–Kier alpha value is -2.89. The Labute approximate surface area is 157 Å². The zero-order valence-corrected chi connectivity index (χ0v) is 15.5. The Kier molecular flexibility index (Phi) is 4.34. The minimum atomic E-state index is -0.580. The van der Waals surface area contributed by atoms with Crippen LogP contribution < -0.4 is 5.32 Å². The van der Waals surface area contributed by atoms with Crippen LogP contribution in [0.3, 0.4) is 0 Å². The van der Waals surface area contributed by atoms with Crippen LogP contribution in [0.1, 0.15) is 31.2 Å². The highest BCUT2D eigenvalue weighted by Crippen LogP contribution is 2.47. The summed E-state index contributed by atoms with van der Waals surface area (Å²) < 4.78 is 5.04. The number of benzene rings is 1. The van der Waals surface area contributed by atoms with Crippen LogP contribution in [-0.2, 0) is 19.1 Å². The van der Waals surface area contributed by atoms with Crippen molar-refractivity contribution in [1.29, 1.82) is 0 Å². The number of carbonyl (C=O) groups excluding carboxylic acids is 3. The van der Waals surface area contributed by atoms with Crippen LogP contribution in [0, 0.1) is 5.92 Å². The number of esters is 1. The number of fused-ring (bicyclic) bond motifs is 2. The first kappa shape index (κ1) is 17.5. The molecule has 4 rings (SSSR count). The van der Waals surface area contributed by atoms with Gasteiger partial charge in [0.2, 0.25) is 0 Å². The van der Waals surface area contributed by atoms with Crippen LogP contribution >= 0.6 is 0 Å². The molecule has 0 radical (unpaired) electrons. The Bertz CT molecular complexity index is 885. The number of Topliss-reactive ketones (excluding diaryl/α,β-unsaturated/α-hetero) is 1. The molecule has 6 heteroatoms. The van der Waals surface area contributed by atoms with Gasteiger partial charge in [0.05, 0.1) is 12.7 Å². The van der Waals surface area contributed by atoms with Crippen LogP contribution in [0.2, 0.25) is 0 Å². The molecule has 1 aliphatic carbocycles. The standard InChI is InChI=1S/C21H22N2O4/c1-12-10-14-17(15(24)11-12)16(13-6-4-3-5-7-13)18(21(26)27-2)19-20(25)22-8-9-23(14)19/h3-7,12,16H,8-11H2,1-2H3,(H,22,25)/t12-,16-/m0/s1. The zero-order chi connectivity index (χ0) is 19.1. The fourth-order valence-corrected chi connectivity index (χ4v) is 4.40. The lowest BCUT2D eigenvalue weighted by Gasteiger charge is -2.44. The van der Waals surface area contributed by atoms with E-state index >= 15 is 0 Å². The lowest BCUT2D eigenvalue weighted by Crippen LogP contribution is -2.50. The maximum atomic E-state index is 13.1. The minimum absolute atomic E-state index is 0.0454. The third kappa shape index (κ3) is 2.76. The SMILES string of the molecule is COC(=O)C1=C2C(=O)NCCN2C2=C(C(=O)C[C@@H](C)C2)[C@@H]1c1ccccc1. The molecular weight excluding hydrogens is 344 g/mol. The van der Waals surface area contributed by atoms with E-state index in [0.717, 1.165) is 17.7 Å². The number of piperazine rings is 1. The topological polar surface area (TPSA) is 75.7 Å². The fraction of sp³-hybridized carbons (Fsp3) is 0.381. The van der Waals surface area contributed by atoms with Gasteiger partial charge in [0, 0.05) is 36.7 Å². The summed E-state index contributed by atoms with van der Waals surface area (Å²) in [7, 11) is 1.30. The van der Waals surface area contributed by atoms with Crippen LogP contribution in [0.25, 0.3) is 0 Å². The molecule has 1 aromatic carbocycles. The number of hydrogen-bond acceptors (Lipinski definition) is 5. The van der Waals surface area contributed by atoms with E-state index in [1.165, 1.54) is 7.11 Å². The molecule has 0 saturated carbocycles. The van der Waals surface area contributed by atoms with Gasteiger partial charge < -0.3 is 15.0 Å². The average Bonchev–Trinajstić information content (AvgIpc) is 2.67. The molecule has 2 heterocycles. The second-order valence-corrected chi connectivity index (χ2v) is 7.30. The number of nitrogens with one attached hydrogen (secondary N) is 1. The van der Waals surface area contributed by atoms with Gasteiger partial charge in [0.25, 0.3) is 5.91 Å². The molecule has 0 spiro atoms. The van der Waals surface area contributed by atoms with Crippen molar-refractivity contribution in [3.8, 4) is 0 Å². The maximum absolute atomic E-state index is 13.1. The second kappa shape index (κ2) is 6.68. The van der Waals surface area contributed by atoms with Crippen LogP contribution in [0.15, 0.2) is 52.9 Å². The highest BCUT2D eigenvalue weighted by molar-refractivity contribution is 6.09. The summed E-state index contributed by atoms with van der Waals surface area (Å²) in [4.78, 5) is 40.5. The molecule has 1 fully saturated rings. The van der Waals surface area contributed by atoms with Gasteiger partial charge in [-0.3, -0.25) is 9.59 Å². The average molecular weight is 366 g/mol. The largest absolute Gasteiger partial charge is 0.466 e. The smallest absolute Gasteiger partial charge is 0.337 e. The summed E-state index contributed by atoms with van der Waals surface area (Å²) in [5.74, 6) is -1.19. The van der Waals surface area contributed by atoms with Gasteiger partial charge >= 0.3 is 5.97 Å². The first-order valence-electron chi connectivity index (χ1n) is 9.22. The quantitative estimate of drug-likeness (QED) is 0.809. The van der Waals surface area contributed by atoms with Crippen LogP contribution in [0.5, 0.6) is 0 Å². The normalized spacial score (nSPS) is 25.0. The molecule has 0 bridgehead atoms. The molecule has 0 aromatic heterocycles. The third-order valence-corrected chi connectivity index (χ3v) is 5.49. The van der Waals surface area contributed by atoms with E-state index < -0.39 is 11.9 Å². The van der Waals surface area contributed by atoms with Crippen molar-refractivity contribution in [2.75, 3.05) is 20.2 Å². The van der Waals surface area contributed by atoms with Crippen molar-refractivity contribution < 1.29 is 19.1 Å². The second-order valence-electron chi connectivity index (χ2n) is 7.30. The number of nitrogens with zero attached hydrogens (tertiary/aromatic N) is 1. The van der Waals surface area contributed by atoms with Gasteiger partial charge in [-0.1, -0.05) is 37.3 Å². The molecule has 1 saturated heterocycles. The first-order valence-corrected chi connectivity index (χ1v) is 9.22. The van der Waals surface area contributed by atoms with Crippen molar-refractivity contribution in [3.05, 3.63) is 58.4 Å². The zero-order valence-electron chi connectivity index (χ0n) is 15.5. The molecule has 2 aliphatic heterocycles. The number of allylic oxidation sites excluding steroid dienone is 2. The number of ether oxygens (including phenoxy) is 1. The predicted octanol–water partition coefficient (Wildman–Crippen LogP) is 1.90. The molecular formula is C21H22N2O4. The van der Waals surface area contributed by atoms with E-state index in [-0.39, 0.29) is 23.2 Å². The lowest BCUT2D eigenvalue weighted by molar-refractivity contribution is -0.137. The molecule has 1 aromatic rings. The van der Waals surface area contributed by atoms with Crippen molar-refractivity contribution in [3.63, 3.8) is 0 Å². The molecule has 140 valence electrons. The van der Waals surface area contributed by atoms with Gasteiger partial charge in [0.1, 0.15) is 5.70 Å². The highest BCUT2D eigenvalue weighted by Gasteiger charge is 2.46. The van der Waals surface area contributed by atoms with Crippen molar-refractivity contribution in [2.45, 2.75) is 25.7 Å². The van der Waals surface area contributed by atoms with Crippen molar-refractivity contribution >= 4 is 17.7 Å². The summed E-state index contributed by atoms with van der Waals surface area (Å²) in [6.07, 6.45) is 1.17. The number of amides is 1. The number of rotatable bonds is 2. The first-order chi connectivity index (χ1) is 13.0. The van der Waals surface area contributed by atoms with Crippen molar-refractivity contribution in [1.82, 2.24) is 10.2 Å². The molecule has 1 N–H and O–H groups in total. The Morgan fingerprint density at radius 2 is 1.93 bits per heavy atom. The van der Waals surface area contributed by atoms with Gasteiger partial charge in [-0.15, -0.1) is 0 Å². The fourth-order valence-electron chi connectivity index (χ4n) is 4.40. The summed E-state index contributed by atoms with van der Waals surface area (Å²) in [5.41, 5.74) is 2.91. The number of ketones is 1. The number of methoxy groups -OCH3 is 1. The number of hydrogen-bond donors (Lipinski definition) is 1. The molecule has 6 nitrogen and oxygen atoms in total. The molecule has 1 amide bonds. The summed E-state index contributed by atoms with van der Waals surface area (Å²) in [6, 6.07) is 9.41. The third-order valence-electron chi connectivity index (χ3n) is 5.49. The summed E-state index contributed by atoms with van der Waals surface area (Å²) >= 11 is 0. The Morgan fingerprint density at radius 3 is 2.63 bits per heavy atom. The molecule has 2 atom stereocenters. The summed E-state index contributed by atoms with van der Waals surface area (Å²) in [6.45, 7) is 3.07. The maximum Gasteiger partial charge on any atom is 0.337 e.